The van der Waals surface area contributed by atoms with Gasteiger partial charge in [-0.3, -0.25) is 0 Å². The Morgan fingerprint density at radius 3 is 2.32 bits per heavy atom. The van der Waals surface area contributed by atoms with Crippen molar-refractivity contribution in [2.24, 2.45) is 5.41 Å². The summed E-state index contributed by atoms with van der Waals surface area (Å²) < 4.78 is 11.2. The summed E-state index contributed by atoms with van der Waals surface area (Å²) in [6.07, 6.45) is 0. The Labute approximate surface area is 117 Å². The highest BCUT2D eigenvalue weighted by Gasteiger charge is 2.11. The number of benzene rings is 1. The van der Waals surface area contributed by atoms with Gasteiger partial charge in [0.1, 0.15) is 11.5 Å². The van der Waals surface area contributed by atoms with Crippen molar-refractivity contribution in [1.29, 1.82) is 0 Å². The average molecular weight is 265 g/mol. The van der Waals surface area contributed by atoms with Crippen molar-refractivity contribution >= 4 is 0 Å². The Morgan fingerprint density at radius 2 is 1.74 bits per heavy atom. The van der Waals surface area contributed by atoms with E-state index in [-0.39, 0.29) is 5.41 Å². The second-order valence-corrected chi connectivity index (χ2v) is 5.80. The Morgan fingerprint density at radius 1 is 1.05 bits per heavy atom. The summed E-state index contributed by atoms with van der Waals surface area (Å²) in [6.45, 7) is 13.8. The zero-order valence-electron chi connectivity index (χ0n) is 12.9. The van der Waals surface area contributed by atoms with E-state index in [9.17, 15) is 0 Å². The summed E-state index contributed by atoms with van der Waals surface area (Å²) in [5.41, 5.74) is 1.46. The molecule has 3 nitrogen and oxygen atoms in total. The summed E-state index contributed by atoms with van der Waals surface area (Å²) in [5.74, 6) is 1.78. The van der Waals surface area contributed by atoms with Crippen LogP contribution in [-0.4, -0.2) is 19.8 Å². The fourth-order valence-electron chi connectivity index (χ4n) is 1.80. The molecule has 0 aliphatic heterocycles. The molecule has 0 fully saturated rings. The van der Waals surface area contributed by atoms with Gasteiger partial charge in [0.25, 0.3) is 0 Å². The second kappa shape index (κ2) is 7.39. The largest absolute Gasteiger partial charge is 0.494 e. The standard InChI is InChI=1S/C16H27NO2/c1-6-18-14-9-8-13(15(10-14)19-7-2)11-17-12-16(3,4)5/h8-10,17H,6-7,11-12H2,1-5H3. The molecule has 0 radical (unpaired) electrons. The van der Waals surface area contributed by atoms with Crippen LogP contribution in [0.1, 0.15) is 40.2 Å². The molecular weight excluding hydrogens is 238 g/mol. The lowest BCUT2D eigenvalue weighted by molar-refractivity contribution is 0.318. The maximum Gasteiger partial charge on any atom is 0.127 e. The molecule has 0 bridgehead atoms. The Kier molecular flexibility index (Phi) is 6.16. The van der Waals surface area contributed by atoms with Crippen LogP contribution in [0, 0.1) is 5.41 Å². The van der Waals surface area contributed by atoms with Crippen LogP contribution in [0.15, 0.2) is 18.2 Å². The molecule has 1 aromatic rings. The number of nitrogens with one attached hydrogen (secondary N) is 1. The van der Waals surface area contributed by atoms with Crippen LogP contribution >= 0.6 is 0 Å². The first kappa shape index (κ1) is 15.8. The number of hydrogen-bond acceptors (Lipinski definition) is 3. The molecule has 3 heteroatoms. The highest BCUT2D eigenvalue weighted by atomic mass is 16.5. The Balaban J connectivity index is 2.70. The average Bonchev–Trinajstić information content (AvgIpc) is 2.31. The smallest absolute Gasteiger partial charge is 0.127 e. The van der Waals surface area contributed by atoms with E-state index in [4.69, 9.17) is 9.47 Å². The molecule has 0 atom stereocenters. The van der Waals surface area contributed by atoms with Gasteiger partial charge in [-0.15, -0.1) is 0 Å². The minimum atomic E-state index is 0.289. The van der Waals surface area contributed by atoms with Gasteiger partial charge in [0, 0.05) is 24.7 Å². The second-order valence-electron chi connectivity index (χ2n) is 5.80. The van der Waals surface area contributed by atoms with Gasteiger partial charge < -0.3 is 14.8 Å². The third-order valence-electron chi connectivity index (χ3n) is 2.62. The molecule has 108 valence electrons. The van der Waals surface area contributed by atoms with E-state index >= 15 is 0 Å². The summed E-state index contributed by atoms with van der Waals surface area (Å²) in [5, 5.41) is 3.47. The first-order valence-corrected chi connectivity index (χ1v) is 7.05. The minimum Gasteiger partial charge on any atom is -0.494 e. The first-order valence-electron chi connectivity index (χ1n) is 7.05. The molecule has 0 heterocycles. The molecule has 0 unspecified atom stereocenters. The predicted molar refractivity (Wildman–Crippen MR) is 79.9 cm³/mol. The van der Waals surface area contributed by atoms with Gasteiger partial charge in [-0.2, -0.15) is 0 Å². The van der Waals surface area contributed by atoms with Crippen LogP contribution in [0.2, 0.25) is 0 Å². The van der Waals surface area contributed by atoms with Crippen LogP contribution in [0.4, 0.5) is 0 Å². The summed E-state index contributed by atoms with van der Waals surface area (Å²) in [7, 11) is 0. The van der Waals surface area contributed by atoms with Crippen molar-refractivity contribution in [3.05, 3.63) is 23.8 Å². The quantitative estimate of drug-likeness (QED) is 0.817. The molecule has 0 amide bonds. The number of ether oxygens (including phenoxy) is 2. The Bertz CT molecular complexity index is 383. The molecule has 0 aliphatic rings. The highest BCUT2D eigenvalue weighted by Crippen LogP contribution is 2.25. The van der Waals surface area contributed by atoms with E-state index in [0.29, 0.717) is 13.2 Å². The van der Waals surface area contributed by atoms with E-state index < -0.39 is 0 Å². The van der Waals surface area contributed by atoms with Crippen molar-refractivity contribution in [3.63, 3.8) is 0 Å². The van der Waals surface area contributed by atoms with Crippen molar-refractivity contribution in [1.82, 2.24) is 5.32 Å². The molecule has 1 rings (SSSR count). The van der Waals surface area contributed by atoms with Crippen molar-refractivity contribution in [2.45, 2.75) is 41.2 Å². The van der Waals surface area contributed by atoms with E-state index in [1.165, 1.54) is 5.56 Å². The first-order chi connectivity index (χ1) is 8.96. The normalized spacial score (nSPS) is 11.4. The number of hydrogen-bond donors (Lipinski definition) is 1. The monoisotopic (exact) mass is 265 g/mol. The van der Waals surface area contributed by atoms with Crippen LogP contribution in [0.3, 0.4) is 0 Å². The molecule has 19 heavy (non-hydrogen) atoms. The van der Waals surface area contributed by atoms with E-state index in [1.807, 2.05) is 26.0 Å². The summed E-state index contributed by atoms with van der Waals surface area (Å²) in [6, 6.07) is 6.05. The topological polar surface area (TPSA) is 30.5 Å². The van der Waals surface area contributed by atoms with Crippen LogP contribution in [-0.2, 0) is 6.54 Å². The van der Waals surface area contributed by atoms with Gasteiger partial charge in [-0.05, 0) is 25.3 Å². The molecule has 0 saturated heterocycles. The molecule has 0 spiro atoms. The maximum atomic E-state index is 5.69. The van der Waals surface area contributed by atoms with Crippen LogP contribution in [0.25, 0.3) is 0 Å². The van der Waals surface area contributed by atoms with Crippen molar-refractivity contribution in [3.8, 4) is 11.5 Å². The predicted octanol–water partition coefficient (Wildman–Crippen LogP) is 3.62. The van der Waals surface area contributed by atoms with Gasteiger partial charge >= 0.3 is 0 Å². The van der Waals surface area contributed by atoms with Crippen molar-refractivity contribution in [2.75, 3.05) is 19.8 Å². The van der Waals surface area contributed by atoms with E-state index in [0.717, 1.165) is 24.6 Å². The summed E-state index contributed by atoms with van der Waals surface area (Å²) in [4.78, 5) is 0. The molecule has 0 aromatic heterocycles. The fourth-order valence-corrected chi connectivity index (χ4v) is 1.80. The van der Waals surface area contributed by atoms with Gasteiger partial charge in [-0.1, -0.05) is 26.8 Å². The maximum absolute atomic E-state index is 5.69. The number of rotatable bonds is 7. The van der Waals surface area contributed by atoms with Crippen LogP contribution in [0.5, 0.6) is 11.5 Å². The van der Waals surface area contributed by atoms with Crippen molar-refractivity contribution < 1.29 is 9.47 Å². The SMILES string of the molecule is CCOc1ccc(CNCC(C)(C)C)c(OCC)c1. The zero-order valence-corrected chi connectivity index (χ0v) is 12.9. The highest BCUT2D eigenvalue weighted by molar-refractivity contribution is 5.40. The lowest BCUT2D eigenvalue weighted by Gasteiger charge is -2.20. The zero-order chi connectivity index (χ0) is 14.3. The third-order valence-corrected chi connectivity index (χ3v) is 2.62. The minimum absolute atomic E-state index is 0.289. The van der Waals surface area contributed by atoms with Gasteiger partial charge in [-0.25, -0.2) is 0 Å². The lowest BCUT2D eigenvalue weighted by atomic mass is 9.97. The van der Waals surface area contributed by atoms with Gasteiger partial charge in [0.15, 0.2) is 0 Å². The molecule has 0 aliphatic carbocycles. The molecule has 1 aromatic carbocycles. The van der Waals surface area contributed by atoms with Gasteiger partial charge in [0.2, 0.25) is 0 Å². The van der Waals surface area contributed by atoms with E-state index in [2.05, 4.69) is 32.2 Å². The third kappa shape index (κ3) is 5.97. The van der Waals surface area contributed by atoms with Gasteiger partial charge in [0.05, 0.1) is 13.2 Å². The molecule has 0 saturated carbocycles. The molecular formula is C16H27NO2. The fraction of sp³-hybridized carbons (Fsp3) is 0.625. The van der Waals surface area contributed by atoms with E-state index in [1.54, 1.807) is 0 Å². The van der Waals surface area contributed by atoms with Crippen LogP contribution < -0.4 is 14.8 Å². The Hall–Kier alpha value is -1.22. The summed E-state index contributed by atoms with van der Waals surface area (Å²) >= 11 is 0. The molecule has 1 N–H and O–H groups in total. The lowest BCUT2D eigenvalue weighted by Crippen LogP contribution is -2.26.